The van der Waals surface area contributed by atoms with E-state index in [1.165, 1.54) is 0 Å². The summed E-state index contributed by atoms with van der Waals surface area (Å²) in [4.78, 5) is 11.0. The van der Waals surface area contributed by atoms with Crippen LogP contribution in [0.25, 0.3) is 0 Å². The van der Waals surface area contributed by atoms with E-state index in [0.717, 1.165) is 16.9 Å². The molecule has 0 aliphatic carbocycles. The fourth-order valence-corrected chi connectivity index (χ4v) is 2.33. The molecule has 0 heterocycles. The first-order valence-corrected chi connectivity index (χ1v) is 7.07. The first-order chi connectivity index (χ1) is 10.1. The minimum atomic E-state index is -1.05. The molecule has 3 heteroatoms. The molecule has 2 aromatic rings. The van der Waals surface area contributed by atoms with Gasteiger partial charge >= 0.3 is 0 Å². The van der Waals surface area contributed by atoms with Crippen molar-refractivity contribution in [1.29, 1.82) is 0 Å². The van der Waals surface area contributed by atoms with Gasteiger partial charge in [-0.2, -0.15) is 0 Å². The van der Waals surface area contributed by atoms with Crippen molar-refractivity contribution in [2.45, 2.75) is 32.3 Å². The lowest BCUT2D eigenvalue weighted by Gasteiger charge is -2.19. The number of carbonyl (C=O) groups excluding carboxylic acids is 1. The normalized spacial score (nSPS) is 12.1. The zero-order valence-electron chi connectivity index (χ0n) is 12.3. The van der Waals surface area contributed by atoms with Gasteiger partial charge in [0.05, 0.1) is 6.10 Å². The fourth-order valence-electron chi connectivity index (χ4n) is 2.33. The van der Waals surface area contributed by atoms with Crippen LogP contribution < -0.4 is 9.84 Å². The molecule has 0 unspecified atom stereocenters. The highest BCUT2D eigenvalue weighted by Gasteiger charge is 2.14. The summed E-state index contributed by atoms with van der Waals surface area (Å²) in [7, 11) is 0. The summed E-state index contributed by atoms with van der Waals surface area (Å²) in [6.45, 7) is 3.94. The summed E-state index contributed by atoms with van der Waals surface area (Å²) >= 11 is 0. The van der Waals surface area contributed by atoms with Crippen LogP contribution in [-0.2, 0) is 4.79 Å². The third kappa shape index (κ3) is 4.35. The Morgan fingerprint density at radius 2 is 1.57 bits per heavy atom. The molecule has 0 N–H and O–H groups in total. The predicted molar refractivity (Wildman–Crippen MR) is 80.1 cm³/mol. The van der Waals surface area contributed by atoms with Crippen LogP contribution in [0.2, 0.25) is 0 Å². The smallest absolute Gasteiger partial charge is 0.119 e. The van der Waals surface area contributed by atoms with E-state index in [4.69, 9.17) is 4.74 Å². The Labute approximate surface area is 125 Å². The third-order valence-corrected chi connectivity index (χ3v) is 3.23. The summed E-state index contributed by atoms with van der Waals surface area (Å²) < 4.78 is 5.61. The average Bonchev–Trinajstić information content (AvgIpc) is 2.46. The summed E-state index contributed by atoms with van der Waals surface area (Å²) in [6, 6.07) is 17.2. The molecule has 0 amide bonds. The fraction of sp³-hybridized carbons (Fsp3) is 0.278. The number of rotatable bonds is 6. The van der Waals surface area contributed by atoms with Gasteiger partial charge in [-0.25, -0.2) is 0 Å². The van der Waals surface area contributed by atoms with Crippen LogP contribution in [0.5, 0.6) is 5.75 Å². The van der Waals surface area contributed by atoms with E-state index in [1.54, 1.807) is 0 Å². The Morgan fingerprint density at radius 1 is 1.00 bits per heavy atom. The topological polar surface area (TPSA) is 49.4 Å². The molecule has 2 rings (SSSR count). The second kappa shape index (κ2) is 6.93. The number of benzene rings is 2. The molecule has 2 aromatic carbocycles. The molecule has 1 atom stereocenters. The molecule has 21 heavy (non-hydrogen) atoms. The molecule has 3 nitrogen and oxygen atoms in total. The van der Waals surface area contributed by atoms with Crippen LogP contribution in [0.1, 0.15) is 37.3 Å². The van der Waals surface area contributed by atoms with Gasteiger partial charge in [0.25, 0.3) is 0 Å². The van der Waals surface area contributed by atoms with Gasteiger partial charge < -0.3 is 14.6 Å². The van der Waals surface area contributed by atoms with Crippen LogP contribution in [0.15, 0.2) is 54.6 Å². The molecular formula is C18H19O3-. The number of hydrogen-bond acceptors (Lipinski definition) is 3. The zero-order valence-corrected chi connectivity index (χ0v) is 12.3. The molecule has 0 aromatic heterocycles. The number of carboxylic acids is 1. The Kier molecular flexibility index (Phi) is 4.99. The maximum Gasteiger partial charge on any atom is 0.119 e. The molecule has 0 saturated carbocycles. The molecule has 0 saturated heterocycles. The van der Waals surface area contributed by atoms with Gasteiger partial charge in [0.15, 0.2) is 0 Å². The maximum atomic E-state index is 11.0. The van der Waals surface area contributed by atoms with E-state index >= 15 is 0 Å². The lowest BCUT2D eigenvalue weighted by molar-refractivity contribution is -0.305. The molecule has 0 radical (unpaired) electrons. The number of carbonyl (C=O) groups is 1. The summed E-state index contributed by atoms with van der Waals surface area (Å²) in [5.74, 6) is -0.468. The van der Waals surface area contributed by atoms with E-state index in [9.17, 15) is 9.90 Å². The first-order valence-electron chi connectivity index (χ1n) is 7.07. The van der Waals surface area contributed by atoms with Gasteiger partial charge in [0.1, 0.15) is 5.75 Å². The summed E-state index contributed by atoms with van der Waals surface area (Å²) in [6.07, 6.45) is 0.0815. The van der Waals surface area contributed by atoms with Gasteiger partial charge in [-0.3, -0.25) is 0 Å². The largest absolute Gasteiger partial charge is 0.550 e. The van der Waals surface area contributed by atoms with Gasteiger partial charge in [-0.05, 0) is 43.5 Å². The van der Waals surface area contributed by atoms with Crippen LogP contribution >= 0.6 is 0 Å². The van der Waals surface area contributed by atoms with Crippen molar-refractivity contribution < 1.29 is 14.6 Å². The summed E-state index contributed by atoms with van der Waals surface area (Å²) in [5.41, 5.74) is 1.92. The van der Waals surface area contributed by atoms with E-state index in [-0.39, 0.29) is 18.4 Å². The molecule has 0 spiro atoms. The summed E-state index contributed by atoms with van der Waals surface area (Å²) in [5, 5.41) is 11.0. The number of aliphatic carboxylic acids is 1. The molecule has 0 bridgehead atoms. The number of carboxylic acid groups (broad SMARTS) is 1. The van der Waals surface area contributed by atoms with E-state index < -0.39 is 5.97 Å². The van der Waals surface area contributed by atoms with Gasteiger partial charge in [0, 0.05) is 11.9 Å². The van der Waals surface area contributed by atoms with Crippen molar-refractivity contribution in [1.82, 2.24) is 0 Å². The second-order valence-electron chi connectivity index (χ2n) is 5.28. The highest BCUT2D eigenvalue weighted by Crippen LogP contribution is 2.29. The molecule has 0 aliphatic heterocycles. The molecule has 110 valence electrons. The van der Waals surface area contributed by atoms with Crippen LogP contribution in [0, 0.1) is 0 Å². The standard InChI is InChI=1S/C18H20O3/c1-13(2)21-16-10-8-15(9-11-16)17(12-18(19)20)14-6-4-3-5-7-14/h3-11,13,17H,12H2,1-2H3,(H,19,20)/p-1/t17-/m1/s1. The monoisotopic (exact) mass is 283 g/mol. The molecule has 0 fully saturated rings. The lowest BCUT2D eigenvalue weighted by Crippen LogP contribution is -2.24. The minimum absolute atomic E-state index is 0.0333. The highest BCUT2D eigenvalue weighted by molar-refractivity contribution is 5.66. The van der Waals surface area contributed by atoms with Crippen molar-refractivity contribution in [3.63, 3.8) is 0 Å². The second-order valence-corrected chi connectivity index (χ2v) is 5.28. The quantitative estimate of drug-likeness (QED) is 0.819. The predicted octanol–water partition coefficient (Wildman–Crippen LogP) is 2.75. The van der Waals surface area contributed by atoms with Crippen LogP contribution in [0.3, 0.4) is 0 Å². The van der Waals surface area contributed by atoms with Crippen molar-refractivity contribution >= 4 is 5.97 Å². The third-order valence-electron chi connectivity index (χ3n) is 3.23. The first kappa shape index (κ1) is 15.1. The van der Waals surface area contributed by atoms with Crippen molar-refractivity contribution in [2.75, 3.05) is 0 Å². The number of hydrogen-bond donors (Lipinski definition) is 0. The SMILES string of the molecule is CC(C)Oc1ccc([C@H](CC(=O)[O-])c2ccccc2)cc1. The number of ether oxygens (including phenoxy) is 1. The van der Waals surface area contributed by atoms with Crippen molar-refractivity contribution in [2.24, 2.45) is 0 Å². The van der Waals surface area contributed by atoms with Crippen molar-refractivity contribution in [3.05, 3.63) is 65.7 Å². The molecular weight excluding hydrogens is 264 g/mol. The Morgan fingerprint density at radius 3 is 2.10 bits per heavy atom. The van der Waals surface area contributed by atoms with E-state index in [2.05, 4.69) is 0 Å². The maximum absolute atomic E-state index is 11.0. The van der Waals surface area contributed by atoms with Crippen LogP contribution in [0.4, 0.5) is 0 Å². The Bertz CT molecular complexity index is 573. The van der Waals surface area contributed by atoms with Crippen LogP contribution in [-0.4, -0.2) is 12.1 Å². The van der Waals surface area contributed by atoms with Gasteiger partial charge in [-0.1, -0.05) is 42.5 Å². The zero-order chi connectivity index (χ0) is 15.2. The van der Waals surface area contributed by atoms with Gasteiger partial charge in [0.2, 0.25) is 0 Å². The van der Waals surface area contributed by atoms with Crippen molar-refractivity contribution in [3.8, 4) is 5.75 Å². The minimum Gasteiger partial charge on any atom is -0.550 e. The Hall–Kier alpha value is -2.29. The lowest BCUT2D eigenvalue weighted by atomic mass is 9.88. The van der Waals surface area contributed by atoms with E-state index in [1.807, 2.05) is 68.4 Å². The Balaban J connectivity index is 2.27. The highest BCUT2D eigenvalue weighted by atomic mass is 16.5. The van der Waals surface area contributed by atoms with Gasteiger partial charge in [-0.15, -0.1) is 0 Å². The average molecular weight is 283 g/mol. The van der Waals surface area contributed by atoms with E-state index in [0.29, 0.717) is 0 Å². The molecule has 0 aliphatic rings.